The van der Waals surface area contributed by atoms with E-state index in [4.69, 9.17) is 9.47 Å². The first-order valence-electron chi connectivity index (χ1n) is 14.4. The fourth-order valence-electron chi connectivity index (χ4n) is 5.46. The molecular formula is C33H35N5O4. The number of amides is 1. The van der Waals surface area contributed by atoms with Crippen LogP contribution in [0.2, 0.25) is 0 Å². The van der Waals surface area contributed by atoms with E-state index in [1.54, 1.807) is 24.5 Å². The normalized spacial score (nSPS) is 21.2. The SMILES string of the molecule is O=C(Nc1cccc(C2OC(CN3CCN(c4ncccn4)CC3)CC(c3ccc(CO)cc3)O2)c1)c1ccccc1. The molecule has 1 aromatic heterocycles. The van der Waals surface area contributed by atoms with Crippen molar-refractivity contribution in [2.24, 2.45) is 0 Å². The minimum absolute atomic E-state index is 0.00164. The van der Waals surface area contributed by atoms with Crippen molar-refractivity contribution in [2.45, 2.75) is 31.5 Å². The van der Waals surface area contributed by atoms with Gasteiger partial charge in [-0.25, -0.2) is 9.97 Å². The highest BCUT2D eigenvalue weighted by atomic mass is 16.7. The second kappa shape index (κ2) is 13.2. The maximum absolute atomic E-state index is 12.8. The van der Waals surface area contributed by atoms with Crippen LogP contribution in [0.1, 0.15) is 45.9 Å². The smallest absolute Gasteiger partial charge is 0.255 e. The van der Waals surface area contributed by atoms with E-state index < -0.39 is 6.29 Å². The van der Waals surface area contributed by atoms with Crippen LogP contribution in [0.5, 0.6) is 0 Å². The zero-order chi connectivity index (χ0) is 28.7. The van der Waals surface area contributed by atoms with E-state index >= 15 is 0 Å². The van der Waals surface area contributed by atoms with Crippen LogP contribution < -0.4 is 10.2 Å². The molecule has 9 nitrogen and oxygen atoms in total. The van der Waals surface area contributed by atoms with Crippen molar-refractivity contribution in [3.8, 4) is 0 Å². The minimum Gasteiger partial charge on any atom is -0.392 e. The van der Waals surface area contributed by atoms with Gasteiger partial charge in [-0.2, -0.15) is 0 Å². The molecule has 2 saturated heterocycles. The molecule has 9 heteroatoms. The molecule has 2 aliphatic rings. The summed E-state index contributed by atoms with van der Waals surface area (Å²) >= 11 is 0. The molecule has 216 valence electrons. The van der Waals surface area contributed by atoms with E-state index in [9.17, 15) is 9.90 Å². The monoisotopic (exact) mass is 565 g/mol. The van der Waals surface area contributed by atoms with Gasteiger partial charge in [-0.15, -0.1) is 0 Å². The predicted molar refractivity (Wildman–Crippen MR) is 160 cm³/mol. The number of aliphatic hydroxyl groups is 1. The largest absolute Gasteiger partial charge is 0.392 e. The molecule has 2 fully saturated rings. The summed E-state index contributed by atoms with van der Waals surface area (Å²) in [6.07, 6.45) is 3.43. The highest BCUT2D eigenvalue weighted by Gasteiger charge is 2.34. The molecule has 0 spiro atoms. The number of hydrogen-bond donors (Lipinski definition) is 2. The maximum Gasteiger partial charge on any atom is 0.255 e. The Hall–Kier alpha value is -4.15. The Bertz CT molecular complexity index is 1450. The van der Waals surface area contributed by atoms with Crippen LogP contribution in [0.3, 0.4) is 0 Å². The highest BCUT2D eigenvalue weighted by molar-refractivity contribution is 6.04. The number of benzene rings is 3. The maximum atomic E-state index is 12.8. The summed E-state index contributed by atoms with van der Waals surface area (Å²) in [6, 6.07) is 26.5. The van der Waals surface area contributed by atoms with E-state index in [-0.39, 0.29) is 24.7 Å². The minimum atomic E-state index is -0.598. The summed E-state index contributed by atoms with van der Waals surface area (Å²) in [5.41, 5.74) is 4.02. The third kappa shape index (κ3) is 6.83. The molecule has 2 N–H and O–H groups in total. The number of aliphatic hydroxyl groups excluding tert-OH is 1. The first kappa shape index (κ1) is 28.0. The molecular weight excluding hydrogens is 530 g/mol. The zero-order valence-corrected chi connectivity index (χ0v) is 23.4. The van der Waals surface area contributed by atoms with Crippen LogP contribution in [0.25, 0.3) is 0 Å². The Balaban J connectivity index is 1.17. The second-order valence-corrected chi connectivity index (χ2v) is 10.6. The molecule has 6 rings (SSSR count). The van der Waals surface area contributed by atoms with Crippen LogP contribution in [0.4, 0.5) is 11.6 Å². The van der Waals surface area contributed by atoms with Gasteiger partial charge in [0.05, 0.1) is 18.8 Å². The third-order valence-corrected chi connectivity index (χ3v) is 7.74. The van der Waals surface area contributed by atoms with Crippen molar-refractivity contribution in [3.05, 3.63) is 120 Å². The molecule has 3 aromatic carbocycles. The molecule has 1 amide bonds. The van der Waals surface area contributed by atoms with Gasteiger partial charge in [0.15, 0.2) is 6.29 Å². The van der Waals surface area contributed by atoms with E-state index in [1.807, 2.05) is 72.8 Å². The second-order valence-electron chi connectivity index (χ2n) is 10.6. The lowest BCUT2D eigenvalue weighted by atomic mass is 9.99. The average Bonchev–Trinajstić information content (AvgIpc) is 3.06. The van der Waals surface area contributed by atoms with Gasteiger partial charge in [0, 0.05) is 68.4 Å². The lowest BCUT2D eigenvalue weighted by Crippen LogP contribution is -2.50. The van der Waals surface area contributed by atoms with Gasteiger partial charge >= 0.3 is 0 Å². The van der Waals surface area contributed by atoms with Crippen LogP contribution in [0, 0.1) is 0 Å². The molecule has 3 heterocycles. The molecule has 3 atom stereocenters. The van der Waals surface area contributed by atoms with E-state index in [0.29, 0.717) is 17.7 Å². The predicted octanol–water partition coefficient (Wildman–Crippen LogP) is 4.59. The standard InChI is InChI=1S/C33H35N5O4/c39-23-24-10-12-25(13-11-24)30-21-29(22-37-16-18-38(19-17-37)33-34-14-5-15-35-33)41-32(42-30)27-8-4-9-28(20-27)36-31(40)26-6-2-1-3-7-26/h1-15,20,29-30,32,39H,16-19,21-23H2,(H,36,40). The Morgan fingerprint density at radius 1 is 0.857 bits per heavy atom. The molecule has 0 bridgehead atoms. The fraction of sp³-hybridized carbons (Fsp3) is 0.303. The van der Waals surface area contributed by atoms with Crippen molar-refractivity contribution in [2.75, 3.05) is 42.9 Å². The Morgan fingerprint density at radius 2 is 1.62 bits per heavy atom. The number of hydrogen-bond acceptors (Lipinski definition) is 8. The number of aromatic nitrogens is 2. The van der Waals surface area contributed by atoms with Gasteiger partial charge in [0.2, 0.25) is 5.95 Å². The quantitative estimate of drug-likeness (QED) is 0.320. The Kier molecular flexibility index (Phi) is 8.81. The number of piperazine rings is 1. The summed E-state index contributed by atoms with van der Waals surface area (Å²) in [5.74, 6) is 0.600. The van der Waals surface area contributed by atoms with Crippen molar-refractivity contribution in [3.63, 3.8) is 0 Å². The van der Waals surface area contributed by atoms with E-state index in [1.165, 1.54) is 0 Å². The molecule has 42 heavy (non-hydrogen) atoms. The summed E-state index contributed by atoms with van der Waals surface area (Å²) in [7, 11) is 0. The van der Waals surface area contributed by atoms with Gasteiger partial charge in [-0.3, -0.25) is 9.69 Å². The van der Waals surface area contributed by atoms with Gasteiger partial charge in [0.25, 0.3) is 5.91 Å². The first-order valence-corrected chi connectivity index (χ1v) is 14.4. The third-order valence-electron chi connectivity index (χ3n) is 7.74. The van der Waals surface area contributed by atoms with E-state index in [0.717, 1.165) is 55.4 Å². The van der Waals surface area contributed by atoms with Gasteiger partial charge < -0.3 is 24.8 Å². The highest BCUT2D eigenvalue weighted by Crippen LogP contribution is 2.38. The lowest BCUT2D eigenvalue weighted by molar-refractivity contribution is -0.253. The fourth-order valence-corrected chi connectivity index (χ4v) is 5.46. The van der Waals surface area contributed by atoms with E-state index in [2.05, 4.69) is 25.1 Å². The number of nitrogens with one attached hydrogen (secondary N) is 1. The molecule has 0 radical (unpaired) electrons. The Labute approximate surface area is 245 Å². The van der Waals surface area contributed by atoms with Crippen molar-refractivity contribution >= 4 is 17.5 Å². The number of anilines is 2. The topological polar surface area (TPSA) is 100 Å². The van der Waals surface area contributed by atoms with Crippen molar-refractivity contribution in [1.29, 1.82) is 0 Å². The lowest BCUT2D eigenvalue weighted by Gasteiger charge is -2.40. The molecule has 4 aromatic rings. The summed E-state index contributed by atoms with van der Waals surface area (Å²) in [6.45, 7) is 4.26. The summed E-state index contributed by atoms with van der Waals surface area (Å²) in [4.78, 5) is 26.2. The Morgan fingerprint density at radius 3 is 2.36 bits per heavy atom. The van der Waals surface area contributed by atoms with Crippen LogP contribution in [0.15, 0.2) is 97.3 Å². The average molecular weight is 566 g/mol. The van der Waals surface area contributed by atoms with Crippen LogP contribution in [-0.2, 0) is 16.1 Å². The summed E-state index contributed by atoms with van der Waals surface area (Å²) in [5, 5.41) is 12.5. The number of carbonyl (C=O) groups is 1. The molecule has 0 saturated carbocycles. The van der Waals surface area contributed by atoms with Gasteiger partial charge in [-0.1, -0.05) is 54.6 Å². The zero-order valence-electron chi connectivity index (χ0n) is 23.4. The van der Waals surface area contributed by atoms with Crippen molar-refractivity contribution in [1.82, 2.24) is 14.9 Å². The number of ether oxygens (including phenoxy) is 2. The number of nitrogens with zero attached hydrogens (tertiary/aromatic N) is 4. The first-order chi connectivity index (χ1) is 20.6. The number of rotatable bonds is 8. The number of carbonyl (C=O) groups excluding carboxylic acids is 1. The van der Waals surface area contributed by atoms with Crippen molar-refractivity contribution < 1.29 is 19.4 Å². The molecule has 2 aliphatic heterocycles. The molecule has 3 unspecified atom stereocenters. The molecule has 0 aliphatic carbocycles. The van der Waals surface area contributed by atoms with Gasteiger partial charge in [-0.05, 0) is 41.5 Å². The van der Waals surface area contributed by atoms with Crippen LogP contribution in [-0.4, -0.2) is 64.7 Å². The summed E-state index contributed by atoms with van der Waals surface area (Å²) < 4.78 is 13.1. The van der Waals surface area contributed by atoms with Gasteiger partial charge in [0.1, 0.15) is 0 Å². The van der Waals surface area contributed by atoms with Crippen LogP contribution >= 0.6 is 0 Å².